The van der Waals surface area contributed by atoms with E-state index in [1.54, 1.807) is 12.4 Å². The lowest BCUT2D eigenvalue weighted by atomic mass is 10.2. The van der Waals surface area contributed by atoms with Gasteiger partial charge in [-0.2, -0.15) is 5.10 Å². The molecule has 2 rings (SSSR count). The summed E-state index contributed by atoms with van der Waals surface area (Å²) in [5, 5.41) is 8.73. The summed E-state index contributed by atoms with van der Waals surface area (Å²) in [5.74, 6) is 1.50. The van der Waals surface area contributed by atoms with Gasteiger partial charge in [0.05, 0.1) is 23.1 Å². The lowest BCUT2D eigenvalue weighted by Gasteiger charge is -2.10. The van der Waals surface area contributed by atoms with Gasteiger partial charge in [-0.3, -0.25) is 0 Å². The van der Waals surface area contributed by atoms with Crippen molar-refractivity contribution in [2.45, 2.75) is 26.9 Å². The summed E-state index contributed by atoms with van der Waals surface area (Å²) < 4.78 is 1.84. The van der Waals surface area contributed by atoms with E-state index >= 15 is 0 Å². The van der Waals surface area contributed by atoms with Crippen LogP contribution in [0.2, 0.25) is 10.0 Å². The van der Waals surface area contributed by atoms with E-state index < -0.39 is 0 Å². The van der Waals surface area contributed by atoms with E-state index in [0.29, 0.717) is 29.1 Å². The minimum atomic E-state index is 0.559. The van der Waals surface area contributed by atoms with E-state index in [-0.39, 0.29) is 0 Å². The molecule has 20 heavy (non-hydrogen) atoms. The molecule has 0 fully saturated rings. The van der Waals surface area contributed by atoms with Gasteiger partial charge in [0.25, 0.3) is 0 Å². The van der Waals surface area contributed by atoms with E-state index in [9.17, 15) is 0 Å². The van der Waals surface area contributed by atoms with Crippen LogP contribution < -0.4 is 5.32 Å². The van der Waals surface area contributed by atoms with E-state index in [2.05, 4.69) is 29.2 Å². The highest BCUT2D eigenvalue weighted by Gasteiger charge is 2.09. The zero-order valence-electron chi connectivity index (χ0n) is 11.6. The zero-order valence-corrected chi connectivity index (χ0v) is 13.1. The monoisotopic (exact) mass is 312 g/mol. The lowest BCUT2D eigenvalue weighted by Crippen LogP contribution is -2.22. The fraction of sp³-hybridized carbons (Fsp3) is 0.429. The Labute approximate surface area is 129 Å². The third kappa shape index (κ3) is 3.95. The Kier molecular flexibility index (Phi) is 5.40. The predicted molar refractivity (Wildman–Crippen MR) is 82.1 cm³/mol. The van der Waals surface area contributed by atoms with Crippen molar-refractivity contribution >= 4 is 23.2 Å². The van der Waals surface area contributed by atoms with Gasteiger partial charge in [-0.1, -0.05) is 49.2 Å². The maximum atomic E-state index is 6.20. The van der Waals surface area contributed by atoms with Crippen LogP contribution in [-0.4, -0.2) is 21.3 Å². The fourth-order valence-corrected chi connectivity index (χ4v) is 2.24. The van der Waals surface area contributed by atoms with Crippen molar-refractivity contribution in [3.63, 3.8) is 0 Å². The van der Waals surface area contributed by atoms with Crippen LogP contribution in [0.15, 0.2) is 24.5 Å². The Morgan fingerprint density at radius 2 is 2.10 bits per heavy atom. The van der Waals surface area contributed by atoms with Crippen molar-refractivity contribution in [2.75, 3.05) is 6.54 Å². The Balaban J connectivity index is 2.06. The molecular formula is C14H18Cl2N4. The average molecular weight is 313 g/mol. The molecule has 1 heterocycles. The van der Waals surface area contributed by atoms with Crippen molar-refractivity contribution < 1.29 is 0 Å². The molecule has 108 valence electrons. The number of hydrogen-bond donors (Lipinski definition) is 1. The van der Waals surface area contributed by atoms with Crippen molar-refractivity contribution in [1.29, 1.82) is 0 Å². The number of nitrogens with zero attached hydrogens (tertiary/aromatic N) is 3. The van der Waals surface area contributed by atoms with E-state index in [1.165, 1.54) is 0 Å². The van der Waals surface area contributed by atoms with Crippen LogP contribution in [0.3, 0.4) is 0 Å². The minimum absolute atomic E-state index is 0.559. The number of benzene rings is 1. The van der Waals surface area contributed by atoms with Gasteiger partial charge < -0.3 is 5.32 Å². The topological polar surface area (TPSA) is 42.7 Å². The first-order valence-electron chi connectivity index (χ1n) is 6.58. The molecular weight excluding hydrogens is 295 g/mol. The van der Waals surface area contributed by atoms with Crippen molar-refractivity contribution in [3.05, 3.63) is 46.0 Å². The molecule has 0 aliphatic heterocycles. The molecule has 0 bridgehead atoms. The SMILES string of the molecule is CC(C)CNCc1ncnn1Cc1cccc(Cl)c1Cl. The molecule has 0 saturated carbocycles. The normalized spacial score (nSPS) is 11.2. The van der Waals surface area contributed by atoms with Gasteiger partial charge in [0.2, 0.25) is 0 Å². The summed E-state index contributed by atoms with van der Waals surface area (Å²) in [6, 6.07) is 5.61. The molecule has 6 heteroatoms. The minimum Gasteiger partial charge on any atom is -0.310 e. The number of aromatic nitrogens is 3. The third-order valence-corrected chi connectivity index (χ3v) is 3.74. The summed E-state index contributed by atoms with van der Waals surface area (Å²) in [4.78, 5) is 4.27. The van der Waals surface area contributed by atoms with Crippen LogP contribution >= 0.6 is 23.2 Å². The lowest BCUT2D eigenvalue weighted by molar-refractivity contribution is 0.523. The predicted octanol–water partition coefficient (Wildman–Crippen LogP) is 3.38. The van der Waals surface area contributed by atoms with Crippen LogP contribution in [-0.2, 0) is 13.1 Å². The van der Waals surface area contributed by atoms with Gasteiger partial charge in [-0.15, -0.1) is 0 Å². The Hall–Kier alpha value is -1.10. The average Bonchev–Trinajstić information content (AvgIpc) is 2.82. The molecule has 1 N–H and O–H groups in total. The summed E-state index contributed by atoms with van der Waals surface area (Å²) in [6.45, 7) is 6.55. The largest absolute Gasteiger partial charge is 0.310 e. The van der Waals surface area contributed by atoms with Gasteiger partial charge in [0.1, 0.15) is 12.2 Å². The Bertz CT molecular complexity index is 566. The van der Waals surface area contributed by atoms with Crippen LogP contribution in [0.25, 0.3) is 0 Å². The van der Waals surface area contributed by atoms with Crippen LogP contribution in [0.5, 0.6) is 0 Å². The van der Waals surface area contributed by atoms with Crippen LogP contribution in [0, 0.1) is 5.92 Å². The summed E-state index contributed by atoms with van der Waals surface area (Å²) >= 11 is 12.2. The van der Waals surface area contributed by atoms with Crippen molar-refractivity contribution in [3.8, 4) is 0 Å². The zero-order chi connectivity index (χ0) is 14.5. The second-order valence-corrected chi connectivity index (χ2v) is 5.86. The second kappa shape index (κ2) is 7.07. The quantitative estimate of drug-likeness (QED) is 0.889. The fourth-order valence-electron chi connectivity index (χ4n) is 1.86. The molecule has 0 aliphatic rings. The molecule has 0 amide bonds. The van der Waals surface area contributed by atoms with Gasteiger partial charge in [-0.25, -0.2) is 9.67 Å². The number of nitrogens with one attached hydrogen (secondary N) is 1. The van der Waals surface area contributed by atoms with Gasteiger partial charge in [0.15, 0.2) is 0 Å². The van der Waals surface area contributed by atoms with E-state index in [1.807, 2.05) is 16.8 Å². The Morgan fingerprint density at radius 3 is 2.85 bits per heavy atom. The first kappa shape index (κ1) is 15.3. The molecule has 0 spiro atoms. The molecule has 0 radical (unpaired) electrons. The highest BCUT2D eigenvalue weighted by molar-refractivity contribution is 6.42. The summed E-state index contributed by atoms with van der Waals surface area (Å²) in [6.07, 6.45) is 1.56. The first-order chi connectivity index (χ1) is 9.58. The smallest absolute Gasteiger partial charge is 0.141 e. The molecule has 4 nitrogen and oxygen atoms in total. The standard InChI is InChI=1S/C14H18Cl2N4/c1-10(2)6-17-7-13-18-9-19-20(13)8-11-4-3-5-12(15)14(11)16/h3-5,9-10,17H,6-8H2,1-2H3. The Morgan fingerprint density at radius 1 is 1.30 bits per heavy atom. The number of hydrogen-bond acceptors (Lipinski definition) is 3. The maximum Gasteiger partial charge on any atom is 0.141 e. The second-order valence-electron chi connectivity index (χ2n) is 5.07. The molecule has 0 atom stereocenters. The van der Waals surface area contributed by atoms with Gasteiger partial charge in [-0.05, 0) is 24.1 Å². The molecule has 1 aromatic carbocycles. The van der Waals surface area contributed by atoms with Crippen LogP contribution in [0.1, 0.15) is 25.2 Å². The molecule has 0 saturated heterocycles. The molecule has 2 aromatic rings. The summed E-state index contributed by atoms with van der Waals surface area (Å²) in [5.41, 5.74) is 0.940. The molecule has 0 aliphatic carbocycles. The third-order valence-electron chi connectivity index (χ3n) is 2.88. The van der Waals surface area contributed by atoms with Gasteiger partial charge >= 0.3 is 0 Å². The molecule has 0 unspecified atom stereocenters. The molecule has 1 aromatic heterocycles. The van der Waals surface area contributed by atoms with E-state index in [0.717, 1.165) is 17.9 Å². The first-order valence-corrected chi connectivity index (χ1v) is 7.33. The van der Waals surface area contributed by atoms with Crippen molar-refractivity contribution in [1.82, 2.24) is 20.1 Å². The van der Waals surface area contributed by atoms with Crippen molar-refractivity contribution in [2.24, 2.45) is 5.92 Å². The highest BCUT2D eigenvalue weighted by atomic mass is 35.5. The van der Waals surface area contributed by atoms with E-state index in [4.69, 9.17) is 23.2 Å². The maximum absolute atomic E-state index is 6.20. The number of halogens is 2. The van der Waals surface area contributed by atoms with Crippen LogP contribution in [0.4, 0.5) is 0 Å². The van der Waals surface area contributed by atoms with Gasteiger partial charge in [0, 0.05) is 0 Å². The summed E-state index contributed by atoms with van der Waals surface area (Å²) in [7, 11) is 0. The highest BCUT2D eigenvalue weighted by Crippen LogP contribution is 2.26. The number of rotatable bonds is 6.